The van der Waals surface area contributed by atoms with E-state index in [4.69, 9.17) is 9.84 Å². The molecule has 20 heavy (non-hydrogen) atoms. The van der Waals surface area contributed by atoms with Crippen LogP contribution < -0.4 is 9.46 Å². The summed E-state index contributed by atoms with van der Waals surface area (Å²) >= 11 is 0. The Morgan fingerprint density at radius 2 is 2.15 bits per heavy atom. The number of nitrogens with one attached hydrogen (secondary N) is 1. The van der Waals surface area contributed by atoms with E-state index in [1.165, 1.54) is 0 Å². The number of aliphatic carboxylic acids is 1. The van der Waals surface area contributed by atoms with Crippen LogP contribution >= 0.6 is 0 Å². The predicted octanol–water partition coefficient (Wildman–Crippen LogP) is 1.54. The summed E-state index contributed by atoms with van der Waals surface area (Å²) in [6, 6.07) is 6.71. The molecule has 0 radical (unpaired) electrons. The Hall–Kier alpha value is -1.60. The maximum absolute atomic E-state index is 11.8. The first-order valence-electron chi connectivity index (χ1n) is 6.20. The lowest BCUT2D eigenvalue weighted by Gasteiger charge is -2.15. The Kier molecular flexibility index (Phi) is 5.97. The Morgan fingerprint density at radius 3 is 2.75 bits per heavy atom. The van der Waals surface area contributed by atoms with E-state index in [0.717, 1.165) is 5.56 Å². The van der Waals surface area contributed by atoms with Crippen molar-refractivity contribution >= 4 is 16.0 Å². The van der Waals surface area contributed by atoms with Crippen molar-refractivity contribution in [1.29, 1.82) is 0 Å². The van der Waals surface area contributed by atoms with Gasteiger partial charge in [-0.2, -0.15) is 0 Å². The molecule has 0 saturated heterocycles. The topological polar surface area (TPSA) is 92.7 Å². The fraction of sp³-hybridized carbons (Fsp3) is 0.462. The molecule has 0 aromatic heterocycles. The predicted molar refractivity (Wildman–Crippen MR) is 75.2 cm³/mol. The quantitative estimate of drug-likeness (QED) is 0.760. The van der Waals surface area contributed by atoms with Crippen LogP contribution in [-0.4, -0.2) is 32.4 Å². The maximum atomic E-state index is 11.8. The van der Waals surface area contributed by atoms with E-state index in [9.17, 15) is 13.2 Å². The number of ether oxygens (including phenoxy) is 1. The van der Waals surface area contributed by atoms with E-state index in [0.29, 0.717) is 5.75 Å². The maximum Gasteiger partial charge on any atom is 0.303 e. The van der Waals surface area contributed by atoms with Gasteiger partial charge in [0.15, 0.2) is 0 Å². The number of carboxylic acids is 1. The van der Waals surface area contributed by atoms with E-state index >= 15 is 0 Å². The summed E-state index contributed by atoms with van der Waals surface area (Å²) in [5.41, 5.74) is 0.783. The third kappa shape index (κ3) is 5.58. The van der Waals surface area contributed by atoms with Crippen LogP contribution in [0, 0.1) is 0 Å². The van der Waals surface area contributed by atoms with E-state index in [2.05, 4.69) is 4.72 Å². The van der Waals surface area contributed by atoms with Gasteiger partial charge < -0.3 is 9.84 Å². The van der Waals surface area contributed by atoms with Crippen molar-refractivity contribution in [1.82, 2.24) is 4.72 Å². The van der Waals surface area contributed by atoms with Crippen molar-refractivity contribution in [2.24, 2.45) is 0 Å². The standard InChI is InChI=1S/C13H19NO5S/c1-10(11-5-3-6-12(9-11)19-2)14-20(17,18)8-4-7-13(15)16/h3,5-6,9-10,14H,4,7-8H2,1-2H3,(H,15,16)/t10-/m1/s1. The first-order valence-corrected chi connectivity index (χ1v) is 7.85. The first-order chi connectivity index (χ1) is 9.34. The van der Waals surface area contributed by atoms with Crippen LogP contribution in [0.5, 0.6) is 5.75 Å². The average Bonchev–Trinajstić information content (AvgIpc) is 2.37. The van der Waals surface area contributed by atoms with E-state index < -0.39 is 22.0 Å². The van der Waals surface area contributed by atoms with E-state index in [1.807, 2.05) is 0 Å². The molecular formula is C13H19NO5S. The Balaban J connectivity index is 2.63. The molecule has 0 aliphatic heterocycles. The molecule has 7 heteroatoms. The number of rotatable bonds is 8. The van der Waals surface area contributed by atoms with E-state index in [-0.39, 0.29) is 18.6 Å². The normalized spacial score (nSPS) is 12.9. The number of sulfonamides is 1. The molecule has 0 spiro atoms. The highest BCUT2D eigenvalue weighted by Gasteiger charge is 2.16. The largest absolute Gasteiger partial charge is 0.497 e. The van der Waals surface area contributed by atoms with E-state index in [1.54, 1.807) is 38.3 Å². The van der Waals surface area contributed by atoms with Gasteiger partial charge in [0, 0.05) is 12.5 Å². The highest BCUT2D eigenvalue weighted by atomic mass is 32.2. The fourth-order valence-corrected chi connectivity index (χ4v) is 3.04. The number of hydrogen-bond acceptors (Lipinski definition) is 4. The van der Waals surface area contributed by atoms with Gasteiger partial charge in [-0.1, -0.05) is 12.1 Å². The minimum absolute atomic E-state index is 0.0928. The molecule has 0 bridgehead atoms. The average molecular weight is 301 g/mol. The van der Waals surface area contributed by atoms with Crippen LogP contribution in [-0.2, 0) is 14.8 Å². The van der Waals surface area contributed by atoms with Crippen molar-refractivity contribution < 1.29 is 23.1 Å². The highest BCUT2D eigenvalue weighted by Crippen LogP contribution is 2.19. The molecule has 112 valence electrons. The summed E-state index contributed by atoms with van der Waals surface area (Å²) in [4.78, 5) is 10.4. The second kappa shape index (κ2) is 7.25. The molecule has 1 aromatic carbocycles. The number of carboxylic acid groups (broad SMARTS) is 1. The zero-order valence-electron chi connectivity index (χ0n) is 11.5. The molecule has 0 saturated carbocycles. The molecule has 6 nitrogen and oxygen atoms in total. The van der Waals surface area contributed by atoms with Gasteiger partial charge in [0.05, 0.1) is 12.9 Å². The lowest BCUT2D eigenvalue weighted by atomic mass is 10.1. The van der Waals surface area contributed by atoms with Crippen LogP contribution in [0.4, 0.5) is 0 Å². The van der Waals surface area contributed by atoms with Gasteiger partial charge >= 0.3 is 5.97 Å². The third-order valence-electron chi connectivity index (χ3n) is 2.75. The van der Waals surface area contributed by atoms with Gasteiger partial charge in [0.1, 0.15) is 5.75 Å². The molecular weight excluding hydrogens is 282 g/mol. The molecule has 0 aliphatic carbocycles. The summed E-state index contributed by atoms with van der Waals surface area (Å²) in [6.07, 6.45) is -0.0655. The number of methoxy groups -OCH3 is 1. The second-order valence-corrected chi connectivity index (χ2v) is 6.31. The van der Waals surface area contributed by atoms with Crippen LogP contribution in [0.25, 0.3) is 0 Å². The van der Waals surface area contributed by atoms with Crippen molar-refractivity contribution in [2.75, 3.05) is 12.9 Å². The van der Waals surface area contributed by atoms with Crippen molar-refractivity contribution in [3.05, 3.63) is 29.8 Å². The first kappa shape index (κ1) is 16.5. The van der Waals surface area contributed by atoms with Gasteiger partial charge in [0.2, 0.25) is 10.0 Å². The molecule has 0 unspecified atom stereocenters. The summed E-state index contributed by atoms with van der Waals surface area (Å²) in [5.74, 6) is -0.548. The molecule has 2 N–H and O–H groups in total. The highest BCUT2D eigenvalue weighted by molar-refractivity contribution is 7.89. The molecule has 0 fully saturated rings. The minimum Gasteiger partial charge on any atom is -0.497 e. The summed E-state index contributed by atoms with van der Waals surface area (Å²) in [6.45, 7) is 1.73. The Bertz CT molecular complexity index is 556. The minimum atomic E-state index is -3.50. The molecule has 0 aliphatic rings. The fourth-order valence-electron chi connectivity index (χ4n) is 1.72. The summed E-state index contributed by atoms with van der Waals surface area (Å²) in [5, 5.41) is 8.50. The monoisotopic (exact) mass is 301 g/mol. The molecule has 1 atom stereocenters. The molecule has 0 heterocycles. The van der Waals surface area contributed by atoms with Gasteiger partial charge in [-0.15, -0.1) is 0 Å². The van der Waals surface area contributed by atoms with Gasteiger partial charge in [-0.05, 0) is 31.0 Å². The van der Waals surface area contributed by atoms with Gasteiger partial charge in [-0.3, -0.25) is 4.79 Å². The summed E-state index contributed by atoms with van der Waals surface area (Å²) in [7, 11) is -1.96. The molecule has 1 rings (SSSR count). The van der Waals surface area contributed by atoms with Crippen LogP contribution in [0.2, 0.25) is 0 Å². The zero-order chi connectivity index (χ0) is 15.2. The number of hydrogen-bond donors (Lipinski definition) is 2. The van der Waals surface area contributed by atoms with Gasteiger partial charge in [0.25, 0.3) is 0 Å². The van der Waals surface area contributed by atoms with Crippen LogP contribution in [0.3, 0.4) is 0 Å². The lowest BCUT2D eigenvalue weighted by Crippen LogP contribution is -2.29. The van der Waals surface area contributed by atoms with Crippen molar-refractivity contribution in [3.8, 4) is 5.75 Å². The molecule has 0 amide bonds. The lowest BCUT2D eigenvalue weighted by molar-refractivity contribution is -0.137. The van der Waals surface area contributed by atoms with Crippen molar-refractivity contribution in [2.45, 2.75) is 25.8 Å². The summed E-state index contributed by atoms with van der Waals surface area (Å²) < 4.78 is 31.2. The second-order valence-electron chi connectivity index (χ2n) is 4.43. The van der Waals surface area contributed by atoms with Crippen LogP contribution in [0.1, 0.15) is 31.4 Å². The Morgan fingerprint density at radius 1 is 1.45 bits per heavy atom. The smallest absolute Gasteiger partial charge is 0.303 e. The Labute approximate surface area is 118 Å². The number of benzene rings is 1. The zero-order valence-corrected chi connectivity index (χ0v) is 12.3. The van der Waals surface area contributed by atoms with Crippen LogP contribution in [0.15, 0.2) is 24.3 Å². The van der Waals surface area contributed by atoms with Crippen molar-refractivity contribution in [3.63, 3.8) is 0 Å². The third-order valence-corrected chi connectivity index (χ3v) is 4.29. The number of carbonyl (C=O) groups is 1. The SMILES string of the molecule is COc1cccc([C@@H](C)NS(=O)(=O)CCCC(=O)O)c1. The van der Waals surface area contributed by atoms with Gasteiger partial charge in [-0.25, -0.2) is 13.1 Å². The molecule has 1 aromatic rings.